The van der Waals surface area contributed by atoms with E-state index in [0.29, 0.717) is 0 Å². The average molecular weight is 314 g/mol. The van der Waals surface area contributed by atoms with Gasteiger partial charge in [-0.3, -0.25) is 9.78 Å². The van der Waals surface area contributed by atoms with Crippen LogP contribution in [0.1, 0.15) is 11.3 Å². The van der Waals surface area contributed by atoms with Crippen molar-refractivity contribution in [1.29, 1.82) is 0 Å². The zero-order chi connectivity index (χ0) is 15.3. The quantitative estimate of drug-likeness (QED) is 0.617. The zero-order valence-electron chi connectivity index (χ0n) is 10.6. The van der Waals surface area contributed by atoms with E-state index < -0.39 is 24.5 Å². The highest BCUT2D eigenvalue weighted by Crippen LogP contribution is 2.35. The summed E-state index contributed by atoms with van der Waals surface area (Å²) in [5.41, 5.74) is -0.272. The van der Waals surface area contributed by atoms with Crippen LogP contribution in [-0.2, 0) is 21.8 Å². The SMILES string of the molecule is COC(=O)Cc1c(OC)cnc(CCl)c1OC(F)(F)F. The molecule has 0 bridgehead atoms. The average Bonchev–Trinajstić information content (AvgIpc) is 2.38. The van der Waals surface area contributed by atoms with Crippen molar-refractivity contribution in [3.63, 3.8) is 0 Å². The van der Waals surface area contributed by atoms with Crippen molar-refractivity contribution in [2.24, 2.45) is 0 Å². The van der Waals surface area contributed by atoms with E-state index in [1.165, 1.54) is 13.3 Å². The lowest BCUT2D eigenvalue weighted by Crippen LogP contribution is -2.21. The molecule has 9 heteroatoms. The number of esters is 1. The van der Waals surface area contributed by atoms with Gasteiger partial charge >= 0.3 is 12.3 Å². The number of alkyl halides is 4. The van der Waals surface area contributed by atoms with E-state index >= 15 is 0 Å². The number of pyridine rings is 1. The molecule has 0 fully saturated rings. The van der Waals surface area contributed by atoms with Gasteiger partial charge in [-0.15, -0.1) is 24.8 Å². The van der Waals surface area contributed by atoms with Gasteiger partial charge in [-0.1, -0.05) is 0 Å². The van der Waals surface area contributed by atoms with Crippen molar-refractivity contribution in [3.05, 3.63) is 17.5 Å². The Kier molecular flexibility index (Phi) is 5.43. The van der Waals surface area contributed by atoms with Crippen LogP contribution in [0.2, 0.25) is 0 Å². The molecule has 0 aromatic carbocycles. The Labute approximate surface area is 117 Å². The van der Waals surface area contributed by atoms with Gasteiger partial charge in [0, 0.05) is 0 Å². The van der Waals surface area contributed by atoms with Crippen LogP contribution in [-0.4, -0.2) is 31.5 Å². The molecule has 0 unspecified atom stereocenters. The first kappa shape index (κ1) is 16.4. The summed E-state index contributed by atoms with van der Waals surface area (Å²) in [5.74, 6) is -1.73. The van der Waals surface area contributed by atoms with E-state index in [9.17, 15) is 18.0 Å². The summed E-state index contributed by atoms with van der Waals surface area (Å²) < 4.78 is 50.5. The molecule has 20 heavy (non-hydrogen) atoms. The first-order valence-corrected chi connectivity index (χ1v) is 5.79. The number of hydrogen-bond donors (Lipinski definition) is 0. The van der Waals surface area contributed by atoms with Crippen LogP contribution in [0, 0.1) is 0 Å². The number of methoxy groups -OCH3 is 2. The van der Waals surface area contributed by atoms with Crippen molar-refractivity contribution < 1.29 is 32.2 Å². The summed E-state index contributed by atoms with van der Waals surface area (Å²) in [6, 6.07) is 0. The minimum atomic E-state index is -4.94. The van der Waals surface area contributed by atoms with Crippen molar-refractivity contribution in [3.8, 4) is 11.5 Å². The van der Waals surface area contributed by atoms with Crippen LogP contribution in [0.15, 0.2) is 6.20 Å². The maximum absolute atomic E-state index is 12.4. The second kappa shape index (κ2) is 6.65. The van der Waals surface area contributed by atoms with Crippen molar-refractivity contribution >= 4 is 17.6 Å². The van der Waals surface area contributed by atoms with Gasteiger partial charge in [-0.2, -0.15) is 0 Å². The molecular weight excluding hydrogens is 303 g/mol. The summed E-state index contributed by atoms with van der Waals surface area (Å²) in [6.07, 6.45) is -4.24. The highest BCUT2D eigenvalue weighted by molar-refractivity contribution is 6.17. The third-order valence-electron chi connectivity index (χ3n) is 2.28. The van der Waals surface area contributed by atoms with Crippen LogP contribution in [0.25, 0.3) is 0 Å². The standard InChI is InChI=1S/C11H11ClF3NO4/c1-18-8-5-16-7(4-12)10(20-11(13,14)15)6(8)3-9(17)19-2/h5H,3-4H2,1-2H3. The van der Waals surface area contributed by atoms with E-state index in [1.807, 2.05) is 0 Å². The van der Waals surface area contributed by atoms with E-state index in [1.54, 1.807) is 0 Å². The van der Waals surface area contributed by atoms with Gasteiger partial charge in [0.2, 0.25) is 0 Å². The fraction of sp³-hybridized carbons (Fsp3) is 0.455. The highest BCUT2D eigenvalue weighted by Gasteiger charge is 2.35. The number of aromatic nitrogens is 1. The molecule has 0 aliphatic carbocycles. The molecule has 1 aromatic heterocycles. The molecule has 0 N–H and O–H groups in total. The molecule has 0 spiro atoms. The lowest BCUT2D eigenvalue weighted by molar-refractivity contribution is -0.275. The van der Waals surface area contributed by atoms with Crippen LogP contribution < -0.4 is 9.47 Å². The molecule has 0 amide bonds. The van der Waals surface area contributed by atoms with Gasteiger partial charge in [0.05, 0.1) is 44.0 Å². The zero-order valence-corrected chi connectivity index (χ0v) is 11.3. The summed E-state index contributed by atoms with van der Waals surface area (Å²) in [4.78, 5) is 15.0. The van der Waals surface area contributed by atoms with Crippen LogP contribution in [0.3, 0.4) is 0 Å². The summed E-state index contributed by atoms with van der Waals surface area (Å²) in [7, 11) is 2.35. The predicted molar refractivity (Wildman–Crippen MR) is 62.7 cm³/mol. The molecular formula is C11H11ClF3NO4. The lowest BCUT2D eigenvalue weighted by atomic mass is 10.1. The van der Waals surface area contributed by atoms with Gasteiger partial charge in [0.25, 0.3) is 0 Å². The van der Waals surface area contributed by atoms with Gasteiger partial charge in [-0.05, 0) is 0 Å². The molecule has 0 aliphatic heterocycles. The van der Waals surface area contributed by atoms with Crippen LogP contribution in [0.5, 0.6) is 11.5 Å². The Morgan fingerprint density at radius 3 is 2.50 bits per heavy atom. The minimum Gasteiger partial charge on any atom is -0.495 e. The minimum absolute atomic E-state index is 0.0245. The van der Waals surface area contributed by atoms with Gasteiger partial charge in [0.1, 0.15) is 5.75 Å². The van der Waals surface area contributed by atoms with Gasteiger partial charge < -0.3 is 14.2 Å². The number of halogens is 4. The van der Waals surface area contributed by atoms with Crippen molar-refractivity contribution in [1.82, 2.24) is 4.98 Å². The molecule has 0 saturated heterocycles. The number of nitrogens with zero attached hydrogens (tertiary/aromatic N) is 1. The number of carbonyl (C=O) groups is 1. The largest absolute Gasteiger partial charge is 0.573 e. The summed E-state index contributed by atoms with van der Waals surface area (Å²) in [5, 5.41) is 0. The first-order valence-electron chi connectivity index (χ1n) is 5.25. The number of ether oxygens (including phenoxy) is 3. The van der Waals surface area contributed by atoms with E-state index in [4.69, 9.17) is 16.3 Å². The fourth-order valence-electron chi connectivity index (χ4n) is 1.45. The molecule has 1 aromatic rings. The summed E-state index contributed by atoms with van der Waals surface area (Å²) in [6.45, 7) is 0. The molecule has 0 aliphatic rings. The normalized spacial score (nSPS) is 11.1. The molecule has 1 rings (SSSR count). The number of rotatable bonds is 5. The topological polar surface area (TPSA) is 57.7 Å². The van der Waals surface area contributed by atoms with E-state index in [0.717, 1.165) is 7.11 Å². The predicted octanol–water partition coefficient (Wildman–Crippen LogP) is 2.44. The first-order chi connectivity index (χ1) is 9.32. The Hall–Kier alpha value is -1.70. The molecule has 0 radical (unpaired) electrons. The monoisotopic (exact) mass is 313 g/mol. The molecule has 112 valence electrons. The third-order valence-corrected chi connectivity index (χ3v) is 2.54. The molecule has 0 atom stereocenters. The van der Waals surface area contributed by atoms with E-state index in [-0.39, 0.29) is 22.9 Å². The Morgan fingerprint density at radius 1 is 1.40 bits per heavy atom. The lowest BCUT2D eigenvalue weighted by Gasteiger charge is -2.17. The smallest absolute Gasteiger partial charge is 0.495 e. The second-order valence-electron chi connectivity index (χ2n) is 3.52. The Bertz CT molecular complexity index is 493. The molecule has 1 heterocycles. The fourth-order valence-corrected chi connectivity index (χ4v) is 1.64. The van der Waals surface area contributed by atoms with Crippen LogP contribution >= 0.6 is 11.6 Å². The van der Waals surface area contributed by atoms with E-state index in [2.05, 4.69) is 14.5 Å². The number of hydrogen-bond acceptors (Lipinski definition) is 5. The molecule has 5 nitrogen and oxygen atoms in total. The van der Waals surface area contributed by atoms with Gasteiger partial charge in [-0.25, -0.2) is 0 Å². The van der Waals surface area contributed by atoms with Crippen molar-refractivity contribution in [2.45, 2.75) is 18.7 Å². The Balaban J connectivity index is 3.35. The summed E-state index contributed by atoms with van der Waals surface area (Å²) >= 11 is 5.53. The maximum Gasteiger partial charge on any atom is 0.573 e. The molecule has 0 saturated carbocycles. The van der Waals surface area contributed by atoms with Gasteiger partial charge in [0.15, 0.2) is 5.75 Å². The maximum atomic E-state index is 12.4. The van der Waals surface area contributed by atoms with Crippen molar-refractivity contribution in [2.75, 3.05) is 14.2 Å². The van der Waals surface area contributed by atoms with Crippen LogP contribution in [0.4, 0.5) is 13.2 Å². The highest BCUT2D eigenvalue weighted by atomic mass is 35.5. The second-order valence-corrected chi connectivity index (χ2v) is 3.78. The number of carbonyl (C=O) groups excluding carboxylic acids is 1. The Morgan fingerprint density at radius 2 is 2.05 bits per heavy atom. The third kappa shape index (κ3) is 4.16.